The van der Waals surface area contributed by atoms with Crippen LogP contribution in [0.15, 0.2) is 33.8 Å². The molecule has 1 aliphatic heterocycles. The third kappa shape index (κ3) is 1.88. The number of oxazole rings is 1. The molecule has 1 saturated carbocycles. The third-order valence-corrected chi connectivity index (χ3v) is 4.51. The van der Waals surface area contributed by atoms with Gasteiger partial charge in [0.15, 0.2) is 5.58 Å². The topological polar surface area (TPSA) is 90.8 Å². The van der Waals surface area contributed by atoms with Gasteiger partial charge in [0.05, 0.1) is 0 Å². The molecule has 0 bridgehead atoms. The second-order valence-corrected chi connectivity index (χ2v) is 5.87. The average molecular weight is 301 g/mol. The third-order valence-electron chi connectivity index (χ3n) is 4.51. The van der Waals surface area contributed by atoms with Crippen molar-refractivity contribution in [2.24, 2.45) is 5.16 Å². The summed E-state index contributed by atoms with van der Waals surface area (Å²) in [5, 5.41) is 15.6. The first-order chi connectivity index (χ1) is 10.7. The van der Waals surface area contributed by atoms with Crippen LogP contribution in [0.2, 0.25) is 0 Å². The molecular weight excluding hydrogens is 286 g/mol. The maximum Gasteiger partial charge on any atom is 0.304 e. The van der Waals surface area contributed by atoms with Crippen LogP contribution in [0, 0.1) is 10.1 Å². The molecule has 1 spiro atoms. The molecule has 114 valence electrons. The van der Waals surface area contributed by atoms with E-state index in [0.717, 1.165) is 19.3 Å². The van der Waals surface area contributed by atoms with Gasteiger partial charge in [-0.1, -0.05) is 23.7 Å². The standard InChI is InChI=1S/C15H15N3O4/c19-18(20)13-12(17-22-15(13)8-4-1-5-9-15)14-16-10-6-2-3-7-11(10)21-14/h2-3,6-7,13H,1,4-5,8-9H2. The zero-order valence-electron chi connectivity index (χ0n) is 11.9. The predicted octanol–water partition coefficient (Wildman–Crippen LogP) is 2.91. The highest BCUT2D eigenvalue weighted by Gasteiger charge is 2.59. The summed E-state index contributed by atoms with van der Waals surface area (Å²) in [4.78, 5) is 21.2. The number of nitrogens with zero attached hydrogens (tertiary/aromatic N) is 3. The van der Waals surface area contributed by atoms with Crippen LogP contribution in [-0.4, -0.2) is 27.3 Å². The molecule has 4 rings (SSSR count). The van der Waals surface area contributed by atoms with Crippen LogP contribution in [0.1, 0.15) is 38.0 Å². The highest BCUT2D eigenvalue weighted by Crippen LogP contribution is 2.41. The Morgan fingerprint density at radius 3 is 2.73 bits per heavy atom. The van der Waals surface area contributed by atoms with Gasteiger partial charge in [0.25, 0.3) is 5.89 Å². The molecule has 7 nitrogen and oxygen atoms in total. The highest BCUT2D eigenvalue weighted by atomic mass is 16.7. The summed E-state index contributed by atoms with van der Waals surface area (Å²) in [7, 11) is 0. The molecular formula is C15H15N3O4. The van der Waals surface area contributed by atoms with Crippen molar-refractivity contribution < 1.29 is 14.2 Å². The SMILES string of the molecule is O=[N+]([O-])C1C(c2nc3ccccc3o2)=NOC12CCCCC2. The highest BCUT2D eigenvalue weighted by molar-refractivity contribution is 6.02. The molecule has 0 saturated heterocycles. The quantitative estimate of drug-likeness (QED) is 0.628. The van der Waals surface area contributed by atoms with Crippen molar-refractivity contribution in [3.05, 3.63) is 40.3 Å². The number of hydrogen-bond donors (Lipinski definition) is 0. The summed E-state index contributed by atoms with van der Waals surface area (Å²) in [6.45, 7) is 0. The Labute approximate surface area is 126 Å². The second-order valence-electron chi connectivity index (χ2n) is 5.87. The summed E-state index contributed by atoms with van der Waals surface area (Å²) < 4.78 is 5.64. The number of nitro groups is 1. The van der Waals surface area contributed by atoms with Gasteiger partial charge in [-0.05, 0) is 37.8 Å². The Kier molecular flexibility index (Phi) is 2.88. The first kappa shape index (κ1) is 13.2. The molecule has 2 aromatic rings. The monoisotopic (exact) mass is 301 g/mol. The molecule has 1 unspecified atom stereocenters. The Morgan fingerprint density at radius 1 is 1.23 bits per heavy atom. The lowest BCUT2D eigenvalue weighted by Gasteiger charge is -2.31. The van der Waals surface area contributed by atoms with E-state index in [4.69, 9.17) is 9.25 Å². The Morgan fingerprint density at radius 2 is 2.00 bits per heavy atom. The van der Waals surface area contributed by atoms with Gasteiger partial charge in [-0.25, -0.2) is 4.98 Å². The van der Waals surface area contributed by atoms with Gasteiger partial charge in [-0.2, -0.15) is 0 Å². The van der Waals surface area contributed by atoms with E-state index in [-0.39, 0.29) is 16.5 Å². The van der Waals surface area contributed by atoms with Crippen LogP contribution in [0.5, 0.6) is 0 Å². The molecule has 7 heteroatoms. The van der Waals surface area contributed by atoms with Crippen molar-refractivity contribution in [3.63, 3.8) is 0 Å². The van der Waals surface area contributed by atoms with E-state index >= 15 is 0 Å². The second kappa shape index (κ2) is 4.79. The van der Waals surface area contributed by atoms with E-state index in [1.54, 1.807) is 12.1 Å². The Hall–Kier alpha value is -2.44. The first-order valence-corrected chi connectivity index (χ1v) is 7.45. The number of hydrogen-bond acceptors (Lipinski definition) is 6. The fraction of sp³-hybridized carbons (Fsp3) is 0.467. The van der Waals surface area contributed by atoms with E-state index < -0.39 is 11.6 Å². The summed E-state index contributed by atoms with van der Waals surface area (Å²) in [6.07, 6.45) is 4.20. The Balaban J connectivity index is 1.75. The Bertz CT molecular complexity index is 728. The van der Waals surface area contributed by atoms with Crippen molar-refractivity contribution in [1.82, 2.24) is 4.98 Å². The molecule has 1 aromatic heterocycles. The van der Waals surface area contributed by atoms with Crippen molar-refractivity contribution >= 4 is 16.8 Å². The fourth-order valence-corrected chi connectivity index (χ4v) is 3.43. The summed E-state index contributed by atoms with van der Waals surface area (Å²) in [6, 6.07) is 6.24. The van der Waals surface area contributed by atoms with E-state index in [1.165, 1.54) is 0 Å². The lowest BCUT2D eigenvalue weighted by Crippen LogP contribution is -2.50. The van der Waals surface area contributed by atoms with Crippen molar-refractivity contribution in [1.29, 1.82) is 0 Å². The van der Waals surface area contributed by atoms with E-state index in [1.807, 2.05) is 12.1 Å². The van der Waals surface area contributed by atoms with Crippen LogP contribution < -0.4 is 0 Å². The number of rotatable bonds is 2. The van der Waals surface area contributed by atoms with Crippen molar-refractivity contribution in [3.8, 4) is 0 Å². The zero-order valence-corrected chi connectivity index (χ0v) is 11.9. The van der Waals surface area contributed by atoms with Gasteiger partial charge >= 0.3 is 6.04 Å². The molecule has 1 aromatic carbocycles. The number of fused-ring (bicyclic) bond motifs is 1. The predicted molar refractivity (Wildman–Crippen MR) is 78.2 cm³/mol. The number of oxime groups is 1. The molecule has 2 heterocycles. The number of aromatic nitrogens is 1. The van der Waals surface area contributed by atoms with Crippen LogP contribution >= 0.6 is 0 Å². The minimum Gasteiger partial charge on any atom is -0.435 e. The number of para-hydroxylation sites is 2. The van der Waals surface area contributed by atoms with Crippen molar-refractivity contribution in [2.45, 2.75) is 43.7 Å². The summed E-state index contributed by atoms with van der Waals surface area (Å²) >= 11 is 0. The summed E-state index contributed by atoms with van der Waals surface area (Å²) in [5.41, 5.74) is 0.611. The van der Waals surface area contributed by atoms with Crippen LogP contribution in [0.3, 0.4) is 0 Å². The minimum atomic E-state index is -1.01. The lowest BCUT2D eigenvalue weighted by atomic mass is 9.78. The van der Waals surface area contributed by atoms with Gasteiger partial charge in [0, 0.05) is 4.92 Å². The zero-order chi connectivity index (χ0) is 15.2. The molecule has 0 N–H and O–H groups in total. The van der Waals surface area contributed by atoms with Gasteiger partial charge in [-0.15, -0.1) is 0 Å². The largest absolute Gasteiger partial charge is 0.435 e. The smallest absolute Gasteiger partial charge is 0.304 e. The molecule has 1 fully saturated rings. The van der Waals surface area contributed by atoms with Gasteiger partial charge in [0.1, 0.15) is 5.52 Å². The van der Waals surface area contributed by atoms with E-state index in [0.29, 0.717) is 23.9 Å². The van der Waals surface area contributed by atoms with E-state index in [2.05, 4.69) is 10.1 Å². The molecule has 1 atom stereocenters. The summed E-state index contributed by atoms with van der Waals surface area (Å²) in [5.74, 6) is 0.186. The number of benzene rings is 1. The maximum absolute atomic E-state index is 11.6. The van der Waals surface area contributed by atoms with Gasteiger partial charge in [0.2, 0.25) is 11.3 Å². The van der Waals surface area contributed by atoms with Crippen LogP contribution in [0.25, 0.3) is 11.1 Å². The molecule has 22 heavy (non-hydrogen) atoms. The molecule has 0 amide bonds. The lowest BCUT2D eigenvalue weighted by molar-refractivity contribution is -0.523. The fourth-order valence-electron chi connectivity index (χ4n) is 3.43. The normalized spacial score (nSPS) is 23.5. The molecule has 2 aliphatic rings. The van der Waals surface area contributed by atoms with Gasteiger partial charge < -0.3 is 9.25 Å². The molecule has 0 radical (unpaired) electrons. The maximum atomic E-state index is 11.6. The van der Waals surface area contributed by atoms with Crippen molar-refractivity contribution in [2.75, 3.05) is 0 Å². The van der Waals surface area contributed by atoms with Gasteiger partial charge in [-0.3, -0.25) is 10.1 Å². The average Bonchev–Trinajstić information content (AvgIpc) is 3.09. The minimum absolute atomic E-state index is 0.186. The first-order valence-electron chi connectivity index (χ1n) is 7.45. The van der Waals surface area contributed by atoms with E-state index in [9.17, 15) is 10.1 Å². The van der Waals surface area contributed by atoms with Crippen LogP contribution in [0.4, 0.5) is 0 Å². The van der Waals surface area contributed by atoms with Crippen LogP contribution in [-0.2, 0) is 4.84 Å². The molecule has 1 aliphatic carbocycles.